The fraction of sp³-hybridized carbons (Fsp3) is 0.588. The Labute approximate surface area is 236 Å². The molecule has 1 saturated carbocycles. The second-order valence-electron chi connectivity index (χ2n) is 12.0. The Hall–Kier alpha value is -2.66. The van der Waals surface area contributed by atoms with E-state index in [1.54, 1.807) is 0 Å². The van der Waals surface area contributed by atoms with Crippen LogP contribution in [0.3, 0.4) is 0 Å². The van der Waals surface area contributed by atoms with Crippen LogP contribution in [0, 0.1) is 11.8 Å². The van der Waals surface area contributed by atoms with E-state index in [0.717, 1.165) is 31.6 Å². The SMILES string of the molecule is CCCC1(C(=O)OC)N=CN(C(C)c2ccccc2)C1CC1CCC(C(CCc2ccccc2)N(C)C)CC1. The fourth-order valence-electron chi connectivity index (χ4n) is 7.25. The van der Waals surface area contributed by atoms with Gasteiger partial charge in [-0.1, -0.05) is 86.8 Å². The number of esters is 1. The van der Waals surface area contributed by atoms with E-state index >= 15 is 0 Å². The van der Waals surface area contributed by atoms with Crippen LogP contribution in [-0.4, -0.2) is 60.9 Å². The quantitative estimate of drug-likeness (QED) is 0.279. The van der Waals surface area contributed by atoms with Crippen LogP contribution < -0.4 is 0 Å². The molecule has 39 heavy (non-hydrogen) atoms. The van der Waals surface area contributed by atoms with Crippen LogP contribution in [0.2, 0.25) is 0 Å². The van der Waals surface area contributed by atoms with Crippen molar-refractivity contribution >= 4 is 12.3 Å². The first-order valence-electron chi connectivity index (χ1n) is 15.1. The largest absolute Gasteiger partial charge is 0.467 e. The van der Waals surface area contributed by atoms with Crippen LogP contribution in [0.5, 0.6) is 0 Å². The first-order valence-corrected chi connectivity index (χ1v) is 15.1. The molecule has 0 radical (unpaired) electrons. The number of nitrogens with zero attached hydrogens (tertiary/aromatic N) is 3. The normalized spacial score (nSPS) is 26.5. The lowest BCUT2D eigenvalue weighted by molar-refractivity contribution is -0.149. The van der Waals surface area contributed by atoms with Gasteiger partial charge in [0.05, 0.1) is 25.5 Å². The van der Waals surface area contributed by atoms with Crippen LogP contribution in [0.1, 0.15) is 82.4 Å². The second kappa shape index (κ2) is 13.6. The van der Waals surface area contributed by atoms with E-state index in [-0.39, 0.29) is 18.1 Å². The third-order valence-electron chi connectivity index (χ3n) is 9.46. The number of methoxy groups -OCH3 is 1. The highest BCUT2D eigenvalue weighted by atomic mass is 16.5. The first kappa shape index (κ1) is 29.3. The number of carbonyl (C=O) groups is 1. The molecule has 212 valence electrons. The van der Waals surface area contributed by atoms with Crippen LogP contribution in [-0.2, 0) is 16.0 Å². The molecule has 5 nitrogen and oxygen atoms in total. The van der Waals surface area contributed by atoms with Gasteiger partial charge >= 0.3 is 5.97 Å². The summed E-state index contributed by atoms with van der Waals surface area (Å²) in [7, 11) is 6.00. The van der Waals surface area contributed by atoms with Gasteiger partial charge in [0.25, 0.3) is 0 Å². The van der Waals surface area contributed by atoms with Gasteiger partial charge in [0.15, 0.2) is 5.54 Å². The lowest BCUT2D eigenvalue weighted by Crippen LogP contribution is -2.53. The van der Waals surface area contributed by atoms with Crippen molar-refractivity contribution in [2.24, 2.45) is 16.8 Å². The van der Waals surface area contributed by atoms with Crippen molar-refractivity contribution in [2.75, 3.05) is 21.2 Å². The van der Waals surface area contributed by atoms with Crippen LogP contribution in [0.15, 0.2) is 65.7 Å². The average molecular weight is 532 g/mol. The van der Waals surface area contributed by atoms with Gasteiger partial charge in [0, 0.05) is 6.04 Å². The van der Waals surface area contributed by atoms with Crippen molar-refractivity contribution < 1.29 is 9.53 Å². The zero-order chi connectivity index (χ0) is 27.8. The minimum absolute atomic E-state index is 0.0179. The lowest BCUT2D eigenvalue weighted by Gasteiger charge is -2.42. The Kier molecular flexibility index (Phi) is 10.2. The third kappa shape index (κ3) is 6.74. The van der Waals surface area contributed by atoms with E-state index < -0.39 is 5.54 Å². The molecule has 2 aromatic rings. The number of hydrogen-bond donors (Lipinski definition) is 0. The summed E-state index contributed by atoms with van der Waals surface area (Å²) in [5, 5.41) is 0. The fourth-order valence-corrected chi connectivity index (χ4v) is 7.25. The van der Waals surface area contributed by atoms with Crippen molar-refractivity contribution in [3.63, 3.8) is 0 Å². The molecule has 1 fully saturated rings. The maximum atomic E-state index is 13.3. The Bertz CT molecular complexity index is 1050. The molecular formula is C34H49N3O2. The zero-order valence-corrected chi connectivity index (χ0v) is 24.8. The maximum Gasteiger partial charge on any atom is 0.335 e. The molecule has 0 N–H and O–H groups in total. The molecule has 4 unspecified atom stereocenters. The number of hydrogen-bond acceptors (Lipinski definition) is 5. The summed E-state index contributed by atoms with van der Waals surface area (Å²) in [4.78, 5) is 23.1. The van der Waals surface area contributed by atoms with Gasteiger partial charge < -0.3 is 14.5 Å². The highest BCUT2D eigenvalue weighted by molar-refractivity contribution is 5.86. The summed E-state index contributed by atoms with van der Waals surface area (Å²) in [6.07, 6.45) is 11.8. The highest BCUT2D eigenvalue weighted by Gasteiger charge is 2.53. The van der Waals surface area contributed by atoms with E-state index in [9.17, 15) is 4.79 Å². The predicted molar refractivity (Wildman–Crippen MR) is 161 cm³/mol. The minimum atomic E-state index is -0.814. The molecule has 0 spiro atoms. The summed E-state index contributed by atoms with van der Waals surface area (Å²) in [6.45, 7) is 4.38. The summed E-state index contributed by atoms with van der Waals surface area (Å²) < 4.78 is 5.40. The van der Waals surface area contributed by atoms with Crippen LogP contribution in [0.4, 0.5) is 0 Å². The maximum absolute atomic E-state index is 13.3. The monoisotopic (exact) mass is 531 g/mol. The number of ether oxygens (including phenoxy) is 1. The van der Waals surface area contributed by atoms with Crippen molar-refractivity contribution in [1.29, 1.82) is 0 Å². The van der Waals surface area contributed by atoms with Gasteiger partial charge in [-0.05, 0) is 82.5 Å². The molecule has 4 rings (SSSR count). The van der Waals surface area contributed by atoms with E-state index in [1.807, 2.05) is 6.34 Å². The van der Waals surface area contributed by atoms with Gasteiger partial charge in [0.1, 0.15) is 0 Å². The number of aryl methyl sites for hydroxylation is 1. The van der Waals surface area contributed by atoms with Crippen LogP contribution in [0.25, 0.3) is 0 Å². The van der Waals surface area contributed by atoms with Crippen molar-refractivity contribution in [1.82, 2.24) is 9.80 Å². The lowest BCUT2D eigenvalue weighted by atomic mass is 9.72. The van der Waals surface area contributed by atoms with Crippen molar-refractivity contribution in [3.8, 4) is 0 Å². The molecule has 0 amide bonds. The Morgan fingerprint density at radius 1 is 1.05 bits per heavy atom. The van der Waals surface area contributed by atoms with Gasteiger partial charge in [-0.15, -0.1) is 0 Å². The molecule has 5 heteroatoms. The highest BCUT2D eigenvalue weighted by Crippen LogP contribution is 2.43. The molecule has 1 aliphatic carbocycles. The Morgan fingerprint density at radius 2 is 1.69 bits per heavy atom. The topological polar surface area (TPSA) is 45.1 Å². The van der Waals surface area contributed by atoms with Gasteiger partial charge in [-0.2, -0.15) is 0 Å². The number of aliphatic imine (C=N–C) groups is 1. The zero-order valence-electron chi connectivity index (χ0n) is 24.8. The molecule has 2 aromatic carbocycles. The summed E-state index contributed by atoms with van der Waals surface area (Å²) >= 11 is 0. The second-order valence-corrected chi connectivity index (χ2v) is 12.0. The first-order chi connectivity index (χ1) is 18.9. The van der Waals surface area contributed by atoms with Crippen LogP contribution >= 0.6 is 0 Å². The number of rotatable bonds is 12. The standard InChI is InChI=1S/C34H49N3O2/c1-6-23-34(33(38)39-5)32(37(25-35-34)26(2)29-15-11-8-12-16-29)24-28-17-20-30(21-18-28)31(36(3)4)22-19-27-13-9-7-10-14-27/h7-16,25-26,28,30-32H,6,17-24H2,1-5H3. The number of carbonyl (C=O) groups excluding carboxylic acids is 1. The van der Waals surface area contributed by atoms with Gasteiger partial charge in [-0.3, -0.25) is 4.99 Å². The van der Waals surface area contributed by atoms with E-state index in [1.165, 1.54) is 50.3 Å². The minimum Gasteiger partial charge on any atom is -0.467 e. The molecule has 2 aliphatic rings. The Morgan fingerprint density at radius 3 is 2.28 bits per heavy atom. The van der Waals surface area contributed by atoms with Gasteiger partial charge in [-0.25, -0.2) is 4.79 Å². The molecule has 0 saturated heterocycles. The molecule has 0 aromatic heterocycles. The molecule has 1 heterocycles. The average Bonchev–Trinajstić information content (AvgIpc) is 3.32. The number of benzene rings is 2. The smallest absolute Gasteiger partial charge is 0.335 e. The van der Waals surface area contributed by atoms with E-state index in [2.05, 4.69) is 98.4 Å². The molecule has 0 bridgehead atoms. The summed E-state index contributed by atoms with van der Waals surface area (Å²) in [6, 6.07) is 22.2. The molecule has 1 aliphatic heterocycles. The van der Waals surface area contributed by atoms with Crippen molar-refractivity contribution in [3.05, 3.63) is 71.8 Å². The third-order valence-corrected chi connectivity index (χ3v) is 9.46. The predicted octanol–water partition coefficient (Wildman–Crippen LogP) is 6.93. The van der Waals surface area contributed by atoms with E-state index in [4.69, 9.17) is 9.73 Å². The Balaban J connectivity index is 1.46. The van der Waals surface area contributed by atoms with Gasteiger partial charge in [0.2, 0.25) is 0 Å². The summed E-state index contributed by atoms with van der Waals surface area (Å²) in [5.74, 6) is 1.13. The van der Waals surface area contributed by atoms with Crippen molar-refractivity contribution in [2.45, 2.75) is 95.3 Å². The van der Waals surface area contributed by atoms with E-state index in [0.29, 0.717) is 12.0 Å². The summed E-state index contributed by atoms with van der Waals surface area (Å²) in [5.41, 5.74) is 1.87. The molecule has 4 atom stereocenters. The molecular weight excluding hydrogens is 482 g/mol.